The third kappa shape index (κ3) is 3.15. The number of halogens is 2. The fourth-order valence-corrected chi connectivity index (χ4v) is 2.86. The quantitative estimate of drug-likeness (QED) is 0.840. The Bertz CT molecular complexity index is 891. The minimum absolute atomic E-state index is 0.165. The molecule has 0 saturated carbocycles. The van der Waals surface area contributed by atoms with Gasteiger partial charge in [-0.15, -0.1) is 0 Å². The predicted octanol–water partition coefficient (Wildman–Crippen LogP) is 4.00. The molecule has 6 heteroatoms. The summed E-state index contributed by atoms with van der Waals surface area (Å²) in [5, 5.41) is 3.56. The summed E-state index contributed by atoms with van der Waals surface area (Å²) < 4.78 is 13.2. The molecule has 0 spiro atoms. The van der Waals surface area contributed by atoms with E-state index >= 15 is 0 Å². The number of nitrogens with one attached hydrogen (secondary N) is 1. The molecule has 0 bridgehead atoms. The molecule has 1 heterocycles. The monoisotopic (exact) mass is 358 g/mol. The van der Waals surface area contributed by atoms with Crippen molar-refractivity contribution >= 4 is 34.7 Å². The van der Waals surface area contributed by atoms with Crippen molar-refractivity contribution in [3.05, 3.63) is 70.1 Å². The minimum atomic E-state index is -0.413. The average molecular weight is 359 g/mol. The largest absolute Gasteiger partial charge is 0.350 e. The zero-order valence-electron chi connectivity index (χ0n) is 13.8. The Hall–Kier alpha value is -2.66. The molecule has 2 aromatic rings. The second-order valence-electron chi connectivity index (χ2n) is 5.70. The van der Waals surface area contributed by atoms with Crippen molar-refractivity contribution < 1.29 is 14.0 Å². The lowest BCUT2D eigenvalue weighted by atomic mass is 10.0. The van der Waals surface area contributed by atoms with Crippen LogP contribution in [0.25, 0.3) is 5.57 Å². The van der Waals surface area contributed by atoms with Crippen molar-refractivity contribution in [1.82, 2.24) is 4.90 Å². The minimum Gasteiger partial charge on any atom is -0.350 e. The number of amides is 2. The molecule has 0 aromatic heterocycles. The van der Waals surface area contributed by atoms with Gasteiger partial charge in [-0.05, 0) is 49.2 Å². The summed E-state index contributed by atoms with van der Waals surface area (Å²) >= 11 is 6.13. The lowest BCUT2D eigenvalue weighted by Crippen LogP contribution is -2.32. The van der Waals surface area contributed by atoms with Gasteiger partial charge in [0, 0.05) is 17.3 Å². The number of hydrogen-bond acceptors (Lipinski definition) is 3. The molecule has 2 amide bonds. The van der Waals surface area contributed by atoms with E-state index < -0.39 is 17.6 Å². The third-order valence-corrected chi connectivity index (χ3v) is 4.47. The molecule has 128 valence electrons. The van der Waals surface area contributed by atoms with E-state index in [1.54, 1.807) is 19.1 Å². The highest BCUT2D eigenvalue weighted by atomic mass is 35.5. The van der Waals surface area contributed by atoms with E-state index in [2.05, 4.69) is 5.32 Å². The van der Waals surface area contributed by atoms with Crippen LogP contribution in [0.2, 0.25) is 5.02 Å². The number of aryl methyl sites for hydroxylation is 1. The first kappa shape index (κ1) is 17.2. The molecule has 1 aliphatic heterocycles. The summed E-state index contributed by atoms with van der Waals surface area (Å²) in [6, 6.07) is 10.8. The number of benzene rings is 2. The maximum absolute atomic E-state index is 13.2. The van der Waals surface area contributed by atoms with Gasteiger partial charge in [0.1, 0.15) is 11.5 Å². The number of hydrogen-bond donors (Lipinski definition) is 1. The van der Waals surface area contributed by atoms with Gasteiger partial charge in [-0.2, -0.15) is 0 Å². The van der Waals surface area contributed by atoms with E-state index in [1.807, 2.05) is 13.0 Å². The Labute approximate surface area is 149 Å². The maximum atomic E-state index is 13.2. The van der Waals surface area contributed by atoms with Crippen LogP contribution in [-0.4, -0.2) is 23.3 Å². The molecule has 1 aliphatic rings. The van der Waals surface area contributed by atoms with Gasteiger partial charge in [0.05, 0.1) is 5.57 Å². The molecule has 0 fully saturated rings. The van der Waals surface area contributed by atoms with E-state index in [0.717, 1.165) is 10.5 Å². The van der Waals surface area contributed by atoms with Crippen molar-refractivity contribution in [2.24, 2.45) is 0 Å². The Morgan fingerprint density at radius 2 is 1.76 bits per heavy atom. The lowest BCUT2D eigenvalue weighted by molar-refractivity contribution is -0.136. The molecular formula is C19H16ClFN2O2. The number of nitrogens with zero attached hydrogens (tertiary/aromatic N) is 1. The van der Waals surface area contributed by atoms with Gasteiger partial charge >= 0.3 is 0 Å². The van der Waals surface area contributed by atoms with Crippen molar-refractivity contribution in [3.8, 4) is 0 Å². The van der Waals surface area contributed by atoms with Crippen molar-refractivity contribution in [1.29, 1.82) is 0 Å². The zero-order valence-corrected chi connectivity index (χ0v) is 14.5. The molecule has 0 radical (unpaired) electrons. The molecule has 1 N–H and O–H groups in total. The predicted molar refractivity (Wildman–Crippen MR) is 95.5 cm³/mol. The van der Waals surface area contributed by atoms with Gasteiger partial charge < -0.3 is 5.32 Å². The van der Waals surface area contributed by atoms with Gasteiger partial charge in [0.2, 0.25) is 0 Å². The van der Waals surface area contributed by atoms with Crippen LogP contribution in [0, 0.1) is 12.7 Å². The van der Waals surface area contributed by atoms with E-state index in [0.29, 0.717) is 16.3 Å². The number of carbonyl (C=O) groups excluding carboxylic acids is 2. The number of likely N-dealkylation sites (N-methyl/N-ethyl adjacent to an activating group) is 1. The zero-order chi connectivity index (χ0) is 18.1. The van der Waals surface area contributed by atoms with Crippen LogP contribution in [0.3, 0.4) is 0 Å². The second-order valence-corrected chi connectivity index (χ2v) is 6.11. The van der Waals surface area contributed by atoms with Gasteiger partial charge in [-0.3, -0.25) is 14.5 Å². The Kier molecular flexibility index (Phi) is 4.59. The van der Waals surface area contributed by atoms with Gasteiger partial charge in [-0.1, -0.05) is 29.8 Å². The fraction of sp³-hybridized carbons (Fsp3) is 0.158. The number of carbonyl (C=O) groups is 2. The molecule has 0 saturated heterocycles. The van der Waals surface area contributed by atoms with Crippen LogP contribution in [0.15, 0.2) is 48.2 Å². The van der Waals surface area contributed by atoms with Crippen LogP contribution in [0.5, 0.6) is 0 Å². The first-order valence-corrected chi connectivity index (χ1v) is 8.19. The van der Waals surface area contributed by atoms with Crippen LogP contribution < -0.4 is 5.32 Å². The van der Waals surface area contributed by atoms with Gasteiger partial charge in [0.15, 0.2) is 0 Å². The summed E-state index contributed by atoms with van der Waals surface area (Å²) in [7, 11) is 0. The van der Waals surface area contributed by atoms with E-state index in [9.17, 15) is 14.0 Å². The number of rotatable bonds is 4. The number of imide groups is 1. The summed E-state index contributed by atoms with van der Waals surface area (Å²) in [6.07, 6.45) is 0. The Morgan fingerprint density at radius 3 is 2.36 bits per heavy atom. The maximum Gasteiger partial charge on any atom is 0.278 e. The lowest BCUT2D eigenvalue weighted by Gasteiger charge is -2.12. The normalized spacial score (nSPS) is 14.5. The highest BCUT2D eigenvalue weighted by molar-refractivity contribution is 6.36. The van der Waals surface area contributed by atoms with E-state index in [-0.39, 0.29) is 17.8 Å². The fourth-order valence-electron chi connectivity index (χ4n) is 2.68. The Balaban J connectivity index is 2.08. The molecule has 0 unspecified atom stereocenters. The Morgan fingerprint density at radius 1 is 1.08 bits per heavy atom. The smallest absolute Gasteiger partial charge is 0.278 e. The molecule has 0 aliphatic carbocycles. The third-order valence-electron chi connectivity index (χ3n) is 4.06. The van der Waals surface area contributed by atoms with Crippen LogP contribution >= 0.6 is 11.6 Å². The molecule has 2 aromatic carbocycles. The molecule has 0 atom stereocenters. The molecule has 25 heavy (non-hydrogen) atoms. The topological polar surface area (TPSA) is 49.4 Å². The highest BCUT2D eigenvalue weighted by Crippen LogP contribution is 2.31. The molecule has 4 nitrogen and oxygen atoms in total. The van der Waals surface area contributed by atoms with E-state index in [4.69, 9.17) is 11.6 Å². The summed E-state index contributed by atoms with van der Waals surface area (Å²) in [6.45, 7) is 3.85. The SMILES string of the molecule is CCN1C(=O)C(Nc2ccc(C)c(Cl)c2)=C(c2ccc(F)cc2)C1=O. The van der Waals surface area contributed by atoms with Crippen molar-refractivity contribution in [2.75, 3.05) is 11.9 Å². The highest BCUT2D eigenvalue weighted by Gasteiger charge is 2.38. The first-order valence-electron chi connectivity index (χ1n) is 7.82. The van der Waals surface area contributed by atoms with Crippen LogP contribution in [-0.2, 0) is 9.59 Å². The summed E-state index contributed by atoms with van der Waals surface area (Å²) in [5.41, 5.74) is 2.38. The standard InChI is InChI=1S/C19H16ClFN2O2/c1-3-23-18(24)16(12-5-7-13(21)8-6-12)17(19(23)25)22-14-9-4-11(2)15(20)10-14/h4-10,22H,3H2,1-2H3. The van der Waals surface area contributed by atoms with Gasteiger partial charge in [0.25, 0.3) is 11.8 Å². The molecule has 3 rings (SSSR count). The van der Waals surface area contributed by atoms with Gasteiger partial charge in [-0.25, -0.2) is 4.39 Å². The first-order chi connectivity index (χ1) is 11.9. The molecular weight excluding hydrogens is 343 g/mol. The van der Waals surface area contributed by atoms with Crippen LogP contribution in [0.4, 0.5) is 10.1 Å². The van der Waals surface area contributed by atoms with Crippen LogP contribution in [0.1, 0.15) is 18.1 Å². The van der Waals surface area contributed by atoms with E-state index in [1.165, 1.54) is 24.3 Å². The average Bonchev–Trinajstić information content (AvgIpc) is 2.82. The summed E-state index contributed by atoms with van der Waals surface area (Å²) in [5.74, 6) is -1.23. The second kappa shape index (κ2) is 6.69. The number of anilines is 1. The van der Waals surface area contributed by atoms with Crippen molar-refractivity contribution in [2.45, 2.75) is 13.8 Å². The summed E-state index contributed by atoms with van der Waals surface area (Å²) in [4.78, 5) is 26.4. The van der Waals surface area contributed by atoms with Crippen molar-refractivity contribution in [3.63, 3.8) is 0 Å².